The van der Waals surface area contributed by atoms with Crippen molar-refractivity contribution in [3.8, 4) is 17.2 Å². The number of ether oxygens (including phenoxy) is 2. The quantitative estimate of drug-likeness (QED) is 0.778. The van der Waals surface area contributed by atoms with Gasteiger partial charge in [-0.1, -0.05) is 24.3 Å². The molecule has 0 atom stereocenters. The van der Waals surface area contributed by atoms with E-state index in [1.165, 1.54) is 0 Å². The van der Waals surface area contributed by atoms with Crippen LogP contribution < -0.4 is 14.8 Å². The van der Waals surface area contributed by atoms with Crippen LogP contribution in [0.3, 0.4) is 0 Å². The van der Waals surface area contributed by atoms with Crippen molar-refractivity contribution in [3.05, 3.63) is 72.1 Å². The highest BCUT2D eigenvalue weighted by atomic mass is 16.7. The van der Waals surface area contributed by atoms with Gasteiger partial charge < -0.3 is 14.8 Å². The van der Waals surface area contributed by atoms with Crippen LogP contribution in [-0.2, 0) is 17.8 Å². The minimum atomic E-state index is -0.0471. The van der Waals surface area contributed by atoms with E-state index in [2.05, 4.69) is 10.4 Å². The molecule has 1 aliphatic rings. The monoisotopic (exact) mass is 335 g/mol. The van der Waals surface area contributed by atoms with Gasteiger partial charge in [0.25, 0.3) is 0 Å². The summed E-state index contributed by atoms with van der Waals surface area (Å²) in [5, 5.41) is 7.22. The van der Waals surface area contributed by atoms with E-state index in [0.717, 1.165) is 22.6 Å². The average molecular weight is 335 g/mol. The standard InChI is InChI=1S/C19H17N3O3/c23-19(11-14-6-7-17-18(10-14)25-13-24-17)20-12-15-4-1-2-5-16(15)22-9-3-8-21-22/h1-10H,11-13H2,(H,20,23). The van der Waals surface area contributed by atoms with Crippen LogP contribution in [-0.4, -0.2) is 22.5 Å². The lowest BCUT2D eigenvalue weighted by atomic mass is 10.1. The molecule has 0 bridgehead atoms. The second kappa shape index (κ2) is 6.68. The third-order valence-electron chi connectivity index (χ3n) is 4.02. The molecule has 2 heterocycles. The van der Waals surface area contributed by atoms with Crippen molar-refractivity contribution >= 4 is 5.91 Å². The molecule has 1 amide bonds. The summed E-state index contributed by atoms with van der Waals surface area (Å²) >= 11 is 0. The Bertz CT molecular complexity index is 891. The minimum Gasteiger partial charge on any atom is -0.454 e. The maximum absolute atomic E-state index is 12.3. The van der Waals surface area contributed by atoms with E-state index in [4.69, 9.17) is 9.47 Å². The summed E-state index contributed by atoms with van der Waals surface area (Å²) in [5.41, 5.74) is 2.85. The molecule has 126 valence electrons. The Morgan fingerprint density at radius 1 is 1.12 bits per heavy atom. The van der Waals surface area contributed by atoms with Crippen molar-refractivity contribution in [2.45, 2.75) is 13.0 Å². The van der Waals surface area contributed by atoms with Crippen molar-refractivity contribution in [2.24, 2.45) is 0 Å². The summed E-state index contributed by atoms with van der Waals surface area (Å²) in [6.45, 7) is 0.675. The molecule has 0 saturated carbocycles. The van der Waals surface area contributed by atoms with Crippen LogP contribution in [0.15, 0.2) is 60.9 Å². The molecule has 2 aromatic carbocycles. The first-order chi connectivity index (χ1) is 12.3. The molecule has 6 heteroatoms. The summed E-state index contributed by atoms with van der Waals surface area (Å²) in [6.07, 6.45) is 3.91. The van der Waals surface area contributed by atoms with Gasteiger partial charge in [0.1, 0.15) is 0 Å². The van der Waals surface area contributed by atoms with Crippen LogP contribution >= 0.6 is 0 Å². The SMILES string of the molecule is O=C(Cc1ccc2c(c1)OCO2)NCc1ccccc1-n1cccn1. The van der Waals surface area contributed by atoms with Crippen molar-refractivity contribution in [1.29, 1.82) is 0 Å². The molecule has 1 N–H and O–H groups in total. The molecule has 1 aliphatic heterocycles. The molecular weight excluding hydrogens is 318 g/mol. The van der Waals surface area contributed by atoms with Crippen LogP contribution in [0.4, 0.5) is 0 Å². The van der Waals surface area contributed by atoms with E-state index in [9.17, 15) is 4.79 Å². The Balaban J connectivity index is 1.41. The van der Waals surface area contributed by atoms with Crippen molar-refractivity contribution in [1.82, 2.24) is 15.1 Å². The second-order valence-electron chi connectivity index (χ2n) is 5.72. The Hall–Kier alpha value is -3.28. The first-order valence-corrected chi connectivity index (χ1v) is 8.03. The summed E-state index contributed by atoms with van der Waals surface area (Å²) in [4.78, 5) is 12.3. The molecule has 0 aliphatic carbocycles. The lowest BCUT2D eigenvalue weighted by Gasteiger charge is -2.11. The fourth-order valence-electron chi connectivity index (χ4n) is 2.79. The number of hydrogen-bond acceptors (Lipinski definition) is 4. The van der Waals surface area contributed by atoms with E-state index >= 15 is 0 Å². The van der Waals surface area contributed by atoms with Gasteiger partial charge in [-0.15, -0.1) is 0 Å². The van der Waals surface area contributed by atoms with Gasteiger partial charge in [-0.3, -0.25) is 4.79 Å². The number of hydrogen-bond donors (Lipinski definition) is 1. The van der Waals surface area contributed by atoms with Crippen LogP contribution in [0.1, 0.15) is 11.1 Å². The topological polar surface area (TPSA) is 65.4 Å². The molecule has 0 spiro atoms. The summed E-state index contributed by atoms with van der Waals surface area (Å²) in [7, 11) is 0. The predicted octanol–water partition coefficient (Wildman–Crippen LogP) is 2.46. The van der Waals surface area contributed by atoms with Gasteiger partial charge >= 0.3 is 0 Å². The molecular formula is C19H17N3O3. The van der Waals surface area contributed by atoms with Crippen LogP contribution in [0.2, 0.25) is 0 Å². The first kappa shape index (κ1) is 15.3. The number of fused-ring (bicyclic) bond motifs is 1. The molecule has 3 aromatic rings. The van der Waals surface area contributed by atoms with E-state index in [0.29, 0.717) is 18.7 Å². The smallest absolute Gasteiger partial charge is 0.231 e. The predicted molar refractivity (Wildman–Crippen MR) is 91.7 cm³/mol. The molecule has 0 saturated heterocycles. The molecule has 25 heavy (non-hydrogen) atoms. The van der Waals surface area contributed by atoms with Crippen molar-refractivity contribution < 1.29 is 14.3 Å². The Labute approximate surface area is 145 Å². The van der Waals surface area contributed by atoms with Gasteiger partial charge in [-0.05, 0) is 35.4 Å². The van der Waals surface area contributed by atoms with Crippen LogP contribution in [0, 0.1) is 0 Å². The number of benzene rings is 2. The van der Waals surface area contributed by atoms with Crippen molar-refractivity contribution in [2.75, 3.05) is 6.79 Å². The summed E-state index contributed by atoms with van der Waals surface area (Å²) < 4.78 is 12.4. The number of aromatic nitrogens is 2. The highest BCUT2D eigenvalue weighted by Gasteiger charge is 2.14. The summed E-state index contributed by atoms with van der Waals surface area (Å²) in [6, 6.07) is 15.3. The van der Waals surface area contributed by atoms with Gasteiger partial charge in [0.05, 0.1) is 12.1 Å². The average Bonchev–Trinajstić information content (AvgIpc) is 3.31. The summed E-state index contributed by atoms with van der Waals surface area (Å²) in [5.74, 6) is 1.36. The van der Waals surface area contributed by atoms with Crippen molar-refractivity contribution in [3.63, 3.8) is 0 Å². The zero-order valence-electron chi connectivity index (χ0n) is 13.5. The normalized spacial score (nSPS) is 12.2. The Kier molecular flexibility index (Phi) is 4.08. The largest absolute Gasteiger partial charge is 0.454 e. The van der Waals surface area contributed by atoms with Gasteiger partial charge in [0.2, 0.25) is 12.7 Å². The number of carbonyl (C=O) groups excluding carboxylic acids is 1. The fraction of sp³-hybridized carbons (Fsp3) is 0.158. The number of amides is 1. The lowest BCUT2D eigenvalue weighted by Crippen LogP contribution is -2.25. The molecule has 6 nitrogen and oxygen atoms in total. The number of nitrogens with zero attached hydrogens (tertiary/aromatic N) is 2. The Morgan fingerprint density at radius 3 is 2.88 bits per heavy atom. The maximum Gasteiger partial charge on any atom is 0.231 e. The van der Waals surface area contributed by atoms with E-state index < -0.39 is 0 Å². The van der Waals surface area contributed by atoms with E-state index in [-0.39, 0.29) is 12.7 Å². The van der Waals surface area contributed by atoms with E-state index in [1.54, 1.807) is 10.9 Å². The second-order valence-corrected chi connectivity index (χ2v) is 5.72. The van der Waals surface area contributed by atoms with Gasteiger partial charge in [-0.25, -0.2) is 4.68 Å². The molecule has 1 aromatic heterocycles. The lowest BCUT2D eigenvalue weighted by molar-refractivity contribution is -0.120. The third kappa shape index (κ3) is 3.33. The number of rotatable bonds is 5. The third-order valence-corrected chi connectivity index (χ3v) is 4.02. The molecule has 0 radical (unpaired) electrons. The van der Waals surface area contributed by atoms with E-state index in [1.807, 2.05) is 54.7 Å². The molecule has 4 rings (SSSR count). The zero-order chi connectivity index (χ0) is 17.1. The van der Waals surface area contributed by atoms with Crippen LogP contribution in [0.5, 0.6) is 11.5 Å². The zero-order valence-corrected chi connectivity index (χ0v) is 13.5. The van der Waals surface area contributed by atoms with Gasteiger partial charge in [0, 0.05) is 18.9 Å². The number of nitrogens with one attached hydrogen (secondary N) is 1. The maximum atomic E-state index is 12.3. The van der Waals surface area contributed by atoms with Gasteiger partial charge in [0.15, 0.2) is 11.5 Å². The van der Waals surface area contributed by atoms with Crippen LogP contribution in [0.25, 0.3) is 5.69 Å². The van der Waals surface area contributed by atoms with Gasteiger partial charge in [-0.2, -0.15) is 5.10 Å². The number of carbonyl (C=O) groups is 1. The number of para-hydroxylation sites is 1. The highest BCUT2D eigenvalue weighted by molar-refractivity contribution is 5.79. The fourth-order valence-corrected chi connectivity index (χ4v) is 2.79. The first-order valence-electron chi connectivity index (χ1n) is 8.03. The minimum absolute atomic E-state index is 0.0471. The highest BCUT2D eigenvalue weighted by Crippen LogP contribution is 2.32. The molecule has 0 fully saturated rings. The molecule has 0 unspecified atom stereocenters. The Morgan fingerprint density at radius 2 is 2.00 bits per heavy atom.